The number of alkyl halides is 3. The molecule has 114 valence electrons. The molecule has 0 amide bonds. The van der Waals surface area contributed by atoms with Crippen LogP contribution in [0.3, 0.4) is 0 Å². The van der Waals surface area contributed by atoms with Gasteiger partial charge in [0.1, 0.15) is 0 Å². The molecule has 1 fully saturated rings. The van der Waals surface area contributed by atoms with Crippen LogP contribution >= 0.6 is 0 Å². The monoisotopic (exact) mass is 280 g/mol. The minimum atomic E-state index is -4.10. The first-order valence-corrected chi connectivity index (χ1v) is 7.21. The molecule has 0 aliphatic heterocycles. The molecular weight excluding hydrogens is 253 g/mol. The van der Waals surface area contributed by atoms with Crippen LogP contribution in [0.15, 0.2) is 0 Å². The van der Waals surface area contributed by atoms with Gasteiger partial charge in [0, 0.05) is 12.6 Å². The van der Waals surface area contributed by atoms with Crippen molar-refractivity contribution in [1.82, 2.24) is 10.2 Å². The summed E-state index contributed by atoms with van der Waals surface area (Å²) < 4.78 is 37.2. The van der Waals surface area contributed by atoms with E-state index in [1.165, 1.54) is 4.90 Å². The van der Waals surface area contributed by atoms with E-state index in [4.69, 9.17) is 0 Å². The fourth-order valence-electron chi connectivity index (χ4n) is 3.45. The molecule has 0 heterocycles. The maximum absolute atomic E-state index is 12.4. The molecular formula is C14H27F3N2. The summed E-state index contributed by atoms with van der Waals surface area (Å²) in [6, 6.07) is 0.347. The van der Waals surface area contributed by atoms with Gasteiger partial charge in [0.25, 0.3) is 0 Å². The molecule has 0 aromatic heterocycles. The molecule has 5 heteroatoms. The maximum Gasteiger partial charge on any atom is 0.401 e. The van der Waals surface area contributed by atoms with E-state index in [0.29, 0.717) is 30.3 Å². The van der Waals surface area contributed by atoms with Crippen molar-refractivity contribution in [1.29, 1.82) is 0 Å². The van der Waals surface area contributed by atoms with E-state index >= 15 is 0 Å². The summed E-state index contributed by atoms with van der Waals surface area (Å²) in [6.07, 6.45) is -1.91. The predicted molar refractivity (Wildman–Crippen MR) is 72.1 cm³/mol. The van der Waals surface area contributed by atoms with Gasteiger partial charge in [-0.3, -0.25) is 4.90 Å². The summed E-state index contributed by atoms with van der Waals surface area (Å²) in [6.45, 7) is 7.04. The molecule has 4 atom stereocenters. The normalized spacial score (nSPS) is 32.8. The maximum atomic E-state index is 12.4. The summed E-state index contributed by atoms with van der Waals surface area (Å²) in [7, 11) is 1.57. The minimum absolute atomic E-state index is 0.309. The van der Waals surface area contributed by atoms with Crippen LogP contribution in [0.25, 0.3) is 0 Å². The Labute approximate surface area is 114 Å². The van der Waals surface area contributed by atoms with Crippen molar-refractivity contribution in [3.05, 3.63) is 0 Å². The fraction of sp³-hybridized carbons (Fsp3) is 1.00. The zero-order valence-electron chi connectivity index (χ0n) is 12.4. The third-order valence-corrected chi connectivity index (χ3v) is 4.12. The lowest BCUT2D eigenvalue weighted by atomic mass is 9.72. The van der Waals surface area contributed by atoms with Gasteiger partial charge in [-0.05, 0) is 44.2 Å². The second kappa shape index (κ2) is 6.93. The van der Waals surface area contributed by atoms with Crippen molar-refractivity contribution >= 4 is 0 Å². The Kier molecular flexibility index (Phi) is 6.12. The Morgan fingerprint density at radius 1 is 1.21 bits per heavy atom. The number of rotatable bonds is 5. The van der Waals surface area contributed by atoms with Gasteiger partial charge in [-0.25, -0.2) is 0 Å². The number of nitrogens with one attached hydrogen (secondary N) is 1. The van der Waals surface area contributed by atoms with E-state index in [-0.39, 0.29) is 0 Å². The largest absolute Gasteiger partial charge is 0.401 e. The first kappa shape index (κ1) is 16.8. The van der Waals surface area contributed by atoms with Crippen LogP contribution in [0.2, 0.25) is 0 Å². The van der Waals surface area contributed by atoms with Crippen LogP contribution in [0.4, 0.5) is 13.2 Å². The van der Waals surface area contributed by atoms with Gasteiger partial charge in [-0.15, -0.1) is 0 Å². The van der Waals surface area contributed by atoms with Crippen molar-refractivity contribution in [3.8, 4) is 0 Å². The molecule has 4 unspecified atom stereocenters. The zero-order valence-corrected chi connectivity index (χ0v) is 12.4. The van der Waals surface area contributed by atoms with Gasteiger partial charge < -0.3 is 5.32 Å². The van der Waals surface area contributed by atoms with E-state index in [1.807, 2.05) is 0 Å². The van der Waals surface area contributed by atoms with Crippen molar-refractivity contribution in [2.45, 2.75) is 45.8 Å². The number of halogens is 3. The Morgan fingerprint density at radius 3 is 2.37 bits per heavy atom. The first-order chi connectivity index (χ1) is 8.73. The summed E-state index contributed by atoms with van der Waals surface area (Å²) in [5.41, 5.74) is 0. The number of hydrogen-bond donors (Lipinski definition) is 1. The van der Waals surface area contributed by atoms with E-state index in [1.54, 1.807) is 7.05 Å². The average molecular weight is 280 g/mol. The number of hydrogen-bond acceptors (Lipinski definition) is 2. The van der Waals surface area contributed by atoms with Crippen LogP contribution in [0.5, 0.6) is 0 Å². The van der Waals surface area contributed by atoms with Gasteiger partial charge in [-0.2, -0.15) is 13.2 Å². The first-order valence-electron chi connectivity index (χ1n) is 7.21. The molecule has 0 aromatic rings. The summed E-state index contributed by atoms with van der Waals surface area (Å²) in [4.78, 5) is 1.42. The Hall–Kier alpha value is -0.290. The SMILES string of the molecule is CCNC1CC(C)CC(C)C1CN(C)CC(F)(F)F. The summed E-state index contributed by atoms with van der Waals surface area (Å²) >= 11 is 0. The molecule has 1 aliphatic rings. The standard InChI is InChI=1S/C14H27F3N2/c1-5-18-13-7-10(2)6-11(3)12(13)8-19(4)9-14(15,16)17/h10-13,18H,5-9H2,1-4H3. The third kappa shape index (κ3) is 5.69. The predicted octanol–water partition coefficient (Wildman–Crippen LogP) is 3.14. The molecule has 0 radical (unpaired) electrons. The van der Waals surface area contributed by atoms with Crippen molar-refractivity contribution in [2.75, 3.05) is 26.7 Å². The topological polar surface area (TPSA) is 15.3 Å². The lowest BCUT2D eigenvalue weighted by Gasteiger charge is -2.42. The third-order valence-electron chi connectivity index (χ3n) is 4.12. The van der Waals surface area contributed by atoms with Crippen LogP contribution in [0.1, 0.15) is 33.6 Å². The molecule has 1 rings (SSSR count). The number of nitrogens with zero attached hydrogens (tertiary/aromatic N) is 1. The van der Waals surface area contributed by atoms with E-state index in [2.05, 4.69) is 26.1 Å². The molecule has 0 spiro atoms. The molecule has 0 saturated heterocycles. The second-order valence-electron chi connectivity index (χ2n) is 6.19. The molecule has 19 heavy (non-hydrogen) atoms. The van der Waals surface area contributed by atoms with Gasteiger partial charge in [0.05, 0.1) is 6.54 Å². The lowest BCUT2D eigenvalue weighted by Crippen LogP contribution is -2.49. The smallest absolute Gasteiger partial charge is 0.314 e. The molecule has 2 nitrogen and oxygen atoms in total. The molecule has 1 N–H and O–H groups in total. The highest BCUT2D eigenvalue weighted by atomic mass is 19.4. The summed E-state index contributed by atoms with van der Waals surface area (Å²) in [5.74, 6) is 1.44. The van der Waals surface area contributed by atoms with Gasteiger partial charge >= 0.3 is 6.18 Å². The van der Waals surface area contributed by atoms with E-state index < -0.39 is 12.7 Å². The van der Waals surface area contributed by atoms with E-state index in [9.17, 15) is 13.2 Å². The molecule has 1 saturated carbocycles. The van der Waals surface area contributed by atoms with Gasteiger partial charge in [0.2, 0.25) is 0 Å². The Balaban J connectivity index is 2.60. The van der Waals surface area contributed by atoms with Crippen molar-refractivity contribution in [2.24, 2.45) is 17.8 Å². The van der Waals surface area contributed by atoms with Crippen LogP contribution in [-0.2, 0) is 0 Å². The molecule has 0 bridgehead atoms. The molecule has 0 aromatic carbocycles. The van der Waals surface area contributed by atoms with Crippen molar-refractivity contribution in [3.63, 3.8) is 0 Å². The van der Waals surface area contributed by atoms with E-state index in [0.717, 1.165) is 19.4 Å². The Morgan fingerprint density at radius 2 is 1.84 bits per heavy atom. The van der Waals surface area contributed by atoms with Gasteiger partial charge in [-0.1, -0.05) is 20.8 Å². The fourth-order valence-corrected chi connectivity index (χ4v) is 3.45. The zero-order chi connectivity index (χ0) is 14.6. The molecule has 1 aliphatic carbocycles. The lowest BCUT2D eigenvalue weighted by molar-refractivity contribution is -0.145. The second-order valence-corrected chi connectivity index (χ2v) is 6.19. The van der Waals surface area contributed by atoms with Crippen LogP contribution in [-0.4, -0.2) is 43.8 Å². The quantitative estimate of drug-likeness (QED) is 0.832. The Bertz CT molecular complexity index is 268. The highest BCUT2D eigenvalue weighted by molar-refractivity contribution is 4.89. The van der Waals surface area contributed by atoms with Crippen LogP contribution in [0, 0.1) is 17.8 Å². The summed E-state index contributed by atoms with van der Waals surface area (Å²) in [5, 5.41) is 3.46. The average Bonchev–Trinajstić information content (AvgIpc) is 2.21. The highest BCUT2D eigenvalue weighted by Crippen LogP contribution is 2.34. The minimum Gasteiger partial charge on any atom is -0.314 e. The van der Waals surface area contributed by atoms with Crippen molar-refractivity contribution < 1.29 is 13.2 Å². The van der Waals surface area contributed by atoms with Gasteiger partial charge in [0.15, 0.2) is 0 Å². The van der Waals surface area contributed by atoms with Crippen LogP contribution < -0.4 is 5.32 Å². The highest BCUT2D eigenvalue weighted by Gasteiger charge is 2.36.